The molecule has 1 N–H and O–H groups in total. The van der Waals surface area contributed by atoms with Crippen molar-refractivity contribution < 1.29 is 18.3 Å². The molecule has 0 aromatic heterocycles. The highest BCUT2D eigenvalue weighted by Crippen LogP contribution is 2.26. The van der Waals surface area contributed by atoms with Gasteiger partial charge in [-0.1, -0.05) is 54.6 Å². The number of carbonyl (C=O) groups is 1. The normalized spacial score (nSPS) is 11.9. The Hall–Kier alpha value is -2.86. The van der Waals surface area contributed by atoms with Gasteiger partial charge in [0, 0.05) is 13.1 Å². The molecular weight excluding hydrogens is 326 g/mol. The lowest BCUT2D eigenvalue weighted by Crippen LogP contribution is -2.27. The van der Waals surface area contributed by atoms with Crippen molar-refractivity contribution in [2.75, 3.05) is 11.4 Å². The molecule has 5 nitrogen and oxygen atoms in total. The minimum Gasteiger partial charge on any atom is -0.478 e. The average molecular weight is 343 g/mol. The molecule has 0 spiro atoms. The van der Waals surface area contributed by atoms with E-state index in [0.717, 1.165) is 6.08 Å². The van der Waals surface area contributed by atoms with Crippen LogP contribution in [0.1, 0.15) is 5.56 Å². The molecule has 0 aliphatic heterocycles. The fourth-order valence-corrected chi connectivity index (χ4v) is 3.33. The summed E-state index contributed by atoms with van der Waals surface area (Å²) in [6.07, 6.45) is 5.59. The van der Waals surface area contributed by atoms with Gasteiger partial charge in [-0.25, -0.2) is 13.2 Å². The molecule has 2 aromatic carbocycles. The van der Waals surface area contributed by atoms with E-state index in [1.54, 1.807) is 66.7 Å². The molecule has 0 unspecified atom stereocenters. The van der Waals surface area contributed by atoms with Gasteiger partial charge in [0.15, 0.2) is 0 Å². The van der Waals surface area contributed by atoms with E-state index in [-0.39, 0.29) is 4.90 Å². The molecule has 6 heteroatoms. The van der Waals surface area contributed by atoms with Crippen LogP contribution in [-0.4, -0.2) is 26.5 Å². The predicted octanol–water partition coefficient (Wildman–Crippen LogP) is 3.17. The monoisotopic (exact) mass is 343 g/mol. The van der Waals surface area contributed by atoms with Crippen LogP contribution in [0.2, 0.25) is 0 Å². The van der Waals surface area contributed by atoms with Gasteiger partial charge in [0.1, 0.15) is 0 Å². The Balaban J connectivity index is 2.37. The summed E-state index contributed by atoms with van der Waals surface area (Å²) in [7, 11) is -2.18. The third-order valence-corrected chi connectivity index (χ3v) is 5.09. The number of para-hydroxylation sites is 1. The second-order valence-corrected chi connectivity index (χ2v) is 6.87. The van der Waals surface area contributed by atoms with Crippen molar-refractivity contribution in [2.24, 2.45) is 0 Å². The van der Waals surface area contributed by atoms with Gasteiger partial charge < -0.3 is 5.11 Å². The van der Waals surface area contributed by atoms with E-state index in [2.05, 4.69) is 0 Å². The molecule has 0 heterocycles. The average Bonchev–Trinajstić information content (AvgIpc) is 2.59. The third kappa shape index (κ3) is 4.11. The number of carboxylic acids is 1. The molecule has 0 aliphatic rings. The standard InChI is InChI=1S/C18H17NO4S/c1-19(24(22,23)16-11-3-2-4-12-16)17-13-7-5-9-15(17)10-6-8-14-18(20)21/h2-14H,1H3,(H,20,21)/b10-6+,14-8+. The number of allylic oxidation sites excluding steroid dienone is 2. The Bertz CT molecular complexity index is 871. The van der Waals surface area contributed by atoms with Crippen LogP contribution < -0.4 is 4.31 Å². The first kappa shape index (κ1) is 17.5. The summed E-state index contributed by atoms with van der Waals surface area (Å²) >= 11 is 0. The van der Waals surface area contributed by atoms with Crippen molar-refractivity contribution in [3.8, 4) is 0 Å². The van der Waals surface area contributed by atoms with Crippen LogP contribution >= 0.6 is 0 Å². The largest absolute Gasteiger partial charge is 0.478 e. The van der Waals surface area contributed by atoms with Crippen molar-refractivity contribution in [1.82, 2.24) is 0 Å². The lowest BCUT2D eigenvalue weighted by molar-refractivity contribution is -0.131. The molecule has 0 aliphatic carbocycles. The van der Waals surface area contributed by atoms with Crippen molar-refractivity contribution >= 4 is 27.8 Å². The van der Waals surface area contributed by atoms with Crippen LogP contribution in [0.15, 0.2) is 77.7 Å². The number of sulfonamides is 1. The lowest BCUT2D eigenvalue weighted by Gasteiger charge is -2.21. The van der Waals surface area contributed by atoms with Crippen LogP contribution in [0.4, 0.5) is 5.69 Å². The number of hydrogen-bond acceptors (Lipinski definition) is 3. The zero-order valence-electron chi connectivity index (χ0n) is 13.0. The zero-order chi connectivity index (χ0) is 17.6. The Labute approximate surface area is 141 Å². The van der Waals surface area contributed by atoms with Crippen LogP contribution in [-0.2, 0) is 14.8 Å². The summed E-state index contributed by atoms with van der Waals surface area (Å²) in [4.78, 5) is 10.7. The van der Waals surface area contributed by atoms with E-state index in [4.69, 9.17) is 5.11 Å². The minimum absolute atomic E-state index is 0.206. The minimum atomic E-state index is -3.67. The van der Waals surface area contributed by atoms with Crippen LogP contribution in [0.3, 0.4) is 0 Å². The van der Waals surface area contributed by atoms with Gasteiger partial charge in [-0.15, -0.1) is 0 Å². The quantitative estimate of drug-likeness (QED) is 0.646. The number of nitrogens with zero attached hydrogens (tertiary/aromatic N) is 1. The van der Waals surface area contributed by atoms with E-state index in [1.165, 1.54) is 17.4 Å². The Morgan fingerprint density at radius 1 is 1.00 bits per heavy atom. The van der Waals surface area contributed by atoms with Gasteiger partial charge in [-0.3, -0.25) is 4.31 Å². The summed E-state index contributed by atoms with van der Waals surface area (Å²) in [5, 5.41) is 8.58. The van der Waals surface area contributed by atoms with E-state index in [9.17, 15) is 13.2 Å². The molecule has 0 radical (unpaired) electrons. The van der Waals surface area contributed by atoms with Crippen LogP contribution in [0.25, 0.3) is 6.08 Å². The Morgan fingerprint density at radius 2 is 1.62 bits per heavy atom. The van der Waals surface area contributed by atoms with Gasteiger partial charge in [-0.05, 0) is 23.8 Å². The number of rotatable bonds is 6. The molecule has 2 rings (SSSR count). The molecule has 0 fully saturated rings. The first-order chi connectivity index (χ1) is 11.4. The highest BCUT2D eigenvalue weighted by molar-refractivity contribution is 7.92. The number of carboxylic acid groups (broad SMARTS) is 1. The van der Waals surface area contributed by atoms with E-state index >= 15 is 0 Å². The first-order valence-corrected chi connectivity index (χ1v) is 8.57. The van der Waals surface area contributed by atoms with Gasteiger partial charge in [0.25, 0.3) is 10.0 Å². The maximum absolute atomic E-state index is 12.7. The maximum atomic E-state index is 12.7. The summed E-state index contributed by atoms with van der Waals surface area (Å²) in [5.41, 5.74) is 1.16. The zero-order valence-corrected chi connectivity index (χ0v) is 13.8. The summed E-state index contributed by atoms with van der Waals surface area (Å²) in [5.74, 6) is -1.04. The van der Waals surface area contributed by atoms with Gasteiger partial charge >= 0.3 is 5.97 Å². The third-order valence-electron chi connectivity index (χ3n) is 3.30. The van der Waals surface area contributed by atoms with Crippen molar-refractivity contribution in [1.29, 1.82) is 0 Å². The lowest BCUT2D eigenvalue weighted by atomic mass is 10.1. The molecule has 0 saturated carbocycles. The predicted molar refractivity (Wildman–Crippen MR) is 94.3 cm³/mol. The van der Waals surface area contributed by atoms with Gasteiger partial charge in [0.2, 0.25) is 0 Å². The molecule has 24 heavy (non-hydrogen) atoms. The molecule has 0 saturated heterocycles. The highest BCUT2D eigenvalue weighted by atomic mass is 32.2. The van der Waals surface area contributed by atoms with E-state index in [0.29, 0.717) is 11.3 Å². The smallest absolute Gasteiger partial charge is 0.328 e. The molecule has 0 amide bonds. The topological polar surface area (TPSA) is 74.7 Å². The van der Waals surface area contributed by atoms with E-state index < -0.39 is 16.0 Å². The maximum Gasteiger partial charge on any atom is 0.328 e. The molecule has 124 valence electrons. The summed E-state index contributed by atoms with van der Waals surface area (Å²) < 4.78 is 26.6. The molecule has 2 aromatic rings. The fourth-order valence-electron chi connectivity index (χ4n) is 2.09. The van der Waals surface area contributed by atoms with Crippen molar-refractivity contribution in [2.45, 2.75) is 4.90 Å². The fraction of sp³-hybridized carbons (Fsp3) is 0.0556. The van der Waals surface area contributed by atoms with Crippen molar-refractivity contribution in [3.63, 3.8) is 0 Å². The SMILES string of the molecule is CN(c1ccccc1/C=C/C=C/C(=O)O)S(=O)(=O)c1ccccc1. The van der Waals surface area contributed by atoms with Gasteiger partial charge in [-0.2, -0.15) is 0 Å². The first-order valence-electron chi connectivity index (χ1n) is 7.13. The molecular formula is C18H17NO4S. The summed E-state index contributed by atoms with van der Waals surface area (Å²) in [6, 6.07) is 15.2. The number of aliphatic carboxylic acids is 1. The van der Waals surface area contributed by atoms with Crippen LogP contribution in [0, 0.1) is 0 Å². The Kier molecular flexibility index (Phi) is 5.55. The highest BCUT2D eigenvalue weighted by Gasteiger charge is 2.22. The van der Waals surface area contributed by atoms with E-state index in [1.807, 2.05) is 0 Å². The molecule has 0 atom stereocenters. The molecule has 0 bridgehead atoms. The second kappa shape index (κ2) is 7.61. The van der Waals surface area contributed by atoms with Gasteiger partial charge in [0.05, 0.1) is 10.6 Å². The number of benzene rings is 2. The second-order valence-electron chi connectivity index (χ2n) is 4.90. The number of anilines is 1. The summed E-state index contributed by atoms with van der Waals surface area (Å²) in [6.45, 7) is 0. The number of hydrogen-bond donors (Lipinski definition) is 1. The van der Waals surface area contributed by atoms with Crippen LogP contribution in [0.5, 0.6) is 0 Å². The Morgan fingerprint density at radius 3 is 2.29 bits per heavy atom. The van der Waals surface area contributed by atoms with Crippen molar-refractivity contribution in [3.05, 3.63) is 78.4 Å².